The van der Waals surface area contributed by atoms with Crippen LogP contribution in [0.4, 0.5) is 4.79 Å². The van der Waals surface area contributed by atoms with Gasteiger partial charge in [0.2, 0.25) is 0 Å². The first-order valence-electron chi connectivity index (χ1n) is 9.79. The maximum absolute atomic E-state index is 12.8. The Balaban J connectivity index is 1.85. The molecule has 2 amide bonds. The number of ether oxygens (including phenoxy) is 1. The van der Waals surface area contributed by atoms with Crippen molar-refractivity contribution in [2.45, 2.75) is 19.4 Å². The highest BCUT2D eigenvalue weighted by Crippen LogP contribution is 2.29. The van der Waals surface area contributed by atoms with E-state index in [0.29, 0.717) is 29.4 Å². The molecule has 1 unspecified atom stereocenters. The largest absolute Gasteiger partial charge is 0.463 e. The van der Waals surface area contributed by atoms with Gasteiger partial charge >= 0.3 is 12.0 Å². The van der Waals surface area contributed by atoms with Gasteiger partial charge in [0.1, 0.15) is 0 Å². The smallest absolute Gasteiger partial charge is 0.338 e. The van der Waals surface area contributed by atoms with E-state index in [9.17, 15) is 9.59 Å². The van der Waals surface area contributed by atoms with Crippen molar-refractivity contribution < 1.29 is 14.3 Å². The molecule has 0 spiro atoms. The van der Waals surface area contributed by atoms with E-state index in [2.05, 4.69) is 15.6 Å². The van der Waals surface area contributed by atoms with Crippen LogP contribution in [0.25, 0.3) is 0 Å². The number of urea groups is 1. The van der Waals surface area contributed by atoms with E-state index in [1.165, 1.54) is 0 Å². The van der Waals surface area contributed by atoms with E-state index in [-0.39, 0.29) is 12.6 Å². The average Bonchev–Trinajstić information content (AvgIpc) is 2.73. The Hall–Kier alpha value is -2.90. The Morgan fingerprint density at radius 1 is 1.23 bits per heavy atom. The van der Waals surface area contributed by atoms with Crippen molar-refractivity contribution in [1.29, 1.82) is 0 Å². The number of esters is 1. The van der Waals surface area contributed by atoms with Gasteiger partial charge in [-0.15, -0.1) is 0 Å². The lowest BCUT2D eigenvalue weighted by molar-refractivity contribution is -0.139. The van der Waals surface area contributed by atoms with Gasteiger partial charge in [-0.3, -0.25) is 4.98 Å². The van der Waals surface area contributed by atoms with E-state index in [0.717, 1.165) is 17.7 Å². The lowest BCUT2D eigenvalue weighted by atomic mass is 9.95. The summed E-state index contributed by atoms with van der Waals surface area (Å²) in [6, 6.07) is 11.9. The molecule has 0 fully saturated rings. The number of pyridine rings is 1. The van der Waals surface area contributed by atoms with Gasteiger partial charge in [-0.1, -0.05) is 29.8 Å². The van der Waals surface area contributed by atoms with Gasteiger partial charge in [0.25, 0.3) is 0 Å². The van der Waals surface area contributed by atoms with Crippen LogP contribution in [0.3, 0.4) is 0 Å². The number of amides is 2. The van der Waals surface area contributed by atoms with Crippen molar-refractivity contribution in [2.24, 2.45) is 0 Å². The van der Waals surface area contributed by atoms with E-state index >= 15 is 0 Å². The number of halogens is 1. The van der Waals surface area contributed by atoms with Crippen LogP contribution in [-0.2, 0) is 16.0 Å². The molecule has 0 radical (unpaired) electrons. The summed E-state index contributed by atoms with van der Waals surface area (Å²) in [5.41, 5.74) is 2.66. The van der Waals surface area contributed by atoms with E-state index in [1.807, 2.05) is 30.1 Å². The van der Waals surface area contributed by atoms with Crippen molar-refractivity contribution in [3.63, 3.8) is 0 Å². The Morgan fingerprint density at radius 2 is 2.00 bits per heavy atom. The molecule has 0 saturated carbocycles. The fraction of sp³-hybridized carbons (Fsp3) is 0.318. The Bertz CT molecular complexity index is 916. The number of carbonyl (C=O) groups excluding carboxylic acids is 2. The topological polar surface area (TPSA) is 83.6 Å². The zero-order valence-electron chi connectivity index (χ0n) is 17.0. The second-order valence-corrected chi connectivity index (χ2v) is 7.44. The minimum absolute atomic E-state index is 0.242. The van der Waals surface area contributed by atoms with Crippen LogP contribution < -0.4 is 10.6 Å². The van der Waals surface area contributed by atoms with Crippen LogP contribution >= 0.6 is 11.6 Å². The van der Waals surface area contributed by atoms with E-state index in [4.69, 9.17) is 16.3 Å². The van der Waals surface area contributed by atoms with Crippen molar-refractivity contribution in [2.75, 3.05) is 26.7 Å². The summed E-state index contributed by atoms with van der Waals surface area (Å²) in [6.45, 7) is 3.10. The fourth-order valence-corrected chi connectivity index (χ4v) is 3.42. The standard InChI is InChI=1S/C22H25ClN4O3/c1-3-30-21(28)19-18(14-27(2)13-11-17-6-4-5-12-24-17)25-22(29)26-20(19)15-7-9-16(23)10-8-15/h4-10,12,20H,3,11,13-14H2,1-2H3,(H2,25,26,29). The molecule has 0 bridgehead atoms. The fourth-order valence-electron chi connectivity index (χ4n) is 3.30. The molecule has 3 rings (SSSR count). The molecule has 2 aromatic rings. The highest BCUT2D eigenvalue weighted by molar-refractivity contribution is 6.30. The molecule has 1 aliphatic rings. The van der Waals surface area contributed by atoms with Crippen LogP contribution in [0.2, 0.25) is 5.02 Å². The molecular weight excluding hydrogens is 404 g/mol. The molecule has 1 aromatic carbocycles. The summed E-state index contributed by atoms with van der Waals surface area (Å²) < 4.78 is 5.29. The molecule has 1 atom stereocenters. The zero-order chi connectivity index (χ0) is 21.5. The van der Waals surface area contributed by atoms with Gasteiger partial charge in [0, 0.05) is 42.1 Å². The van der Waals surface area contributed by atoms with Gasteiger partial charge in [0.05, 0.1) is 18.2 Å². The first-order valence-corrected chi connectivity index (χ1v) is 10.2. The molecular formula is C22H25ClN4O3. The van der Waals surface area contributed by atoms with Crippen LogP contribution in [0.5, 0.6) is 0 Å². The minimum Gasteiger partial charge on any atom is -0.463 e. The van der Waals surface area contributed by atoms with Crippen molar-refractivity contribution in [3.05, 3.63) is 76.2 Å². The van der Waals surface area contributed by atoms with Crippen molar-refractivity contribution in [1.82, 2.24) is 20.5 Å². The molecule has 30 heavy (non-hydrogen) atoms. The van der Waals surface area contributed by atoms with Crippen LogP contribution in [0.1, 0.15) is 24.2 Å². The Kier molecular flexibility index (Phi) is 7.43. The molecule has 0 saturated heterocycles. The molecule has 2 N–H and O–H groups in total. The van der Waals surface area contributed by atoms with Gasteiger partial charge in [-0.05, 0) is 43.8 Å². The van der Waals surface area contributed by atoms with Crippen LogP contribution in [-0.4, -0.2) is 48.6 Å². The normalized spacial score (nSPS) is 16.3. The molecule has 158 valence electrons. The molecule has 0 aliphatic carbocycles. The number of carbonyl (C=O) groups is 2. The monoisotopic (exact) mass is 428 g/mol. The third-order valence-corrected chi connectivity index (χ3v) is 5.01. The maximum atomic E-state index is 12.8. The van der Waals surface area contributed by atoms with E-state index < -0.39 is 12.0 Å². The minimum atomic E-state index is -0.616. The van der Waals surface area contributed by atoms with Crippen LogP contribution in [0.15, 0.2) is 59.9 Å². The third-order valence-electron chi connectivity index (χ3n) is 4.76. The summed E-state index contributed by atoms with van der Waals surface area (Å²) in [5.74, 6) is -0.460. The van der Waals surface area contributed by atoms with Crippen molar-refractivity contribution >= 4 is 23.6 Å². The second-order valence-electron chi connectivity index (χ2n) is 7.00. The Labute approximate surface area is 181 Å². The zero-order valence-corrected chi connectivity index (χ0v) is 17.8. The predicted molar refractivity (Wildman–Crippen MR) is 115 cm³/mol. The third kappa shape index (κ3) is 5.58. The first kappa shape index (κ1) is 21.8. The molecule has 8 heteroatoms. The highest BCUT2D eigenvalue weighted by atomic mass is 35.5. The number of hydrogen-bond donors (Lipinski definition) is 2. The number of nitrogens with one attached hydrogen (secondary N) is 2. The lowest BCUT2D eigenvalue weighted by Gasteiger charge is -2.31. The molecule has 7 nitrogen and oxygen atoms in total. The second kappa shape index (κ2) is 10.2. The average molecular weight is 429 g/mol. The number of aromatic nitrogens is 1. The predicted octanol–water partition coefficient (Wildman–Crippen LogP) is 3.08. The molecule has 1 aromatic heterocycles. The summed E-state index contributed by atoms with van der Waals surface area (Å²) in [6.07, 6.45) is 2.52. The number of likely N-dealkylation sites (N-methyl/N-ethyl adjacent to an activating group) is 1. The number of nitrogens with zero attached hydrogens (tertiary/aromatic N) is 2. The molecule has 2 heterocycles. The van der Waals surface area contributed by atoms with Gasteiger partial charge in [-0.2, -0.15) is 0 Å². The SMILES string of the molecule is CCOC(=O)C1=C(CN(C)CCc2ccccn2)NC(=O)NC1c1ccc(Cl)cc1. The lowest BCUT2D eigenvalue weighted by Crippen LogP contribution is -2.48. The quantitative estimate of drug-likeness (QED) is 0.631. The maximum Gasteiger partial charge on any atom is 0.338 e. The first-order chi connectivity index (χ1) is 14.5. The number of rotatable bonds is 8. The summed E-state index contributed by atoms with van der Waals surface area (Å²) in [5, 5.41) is 6.19. The van der Waals surface area contributed by atoms with E-state index in [1.54, 1.807) is 37.4 Å². The Morgan fingerprint density at radius 3 is 2.67 bits per heavy atom. The van der Waals surface area contributed by atoms with Gasteiger partial charge in [0.15, 0.2) is 0 Å². The van der Waals surface area contributed by atoms with Crippen LogP contribution in [0, 0.1) is 0 Å². The number of hydrogen-bond acceptors (Lipinski definition) is 5. The molecule has 1 aliphatic heterocycles. The highest BCUT2D eigenvalue weighted by Gasteiger charge is 2.34. The van der Waals surface area contributed by atoms with Gasteiger partial charge in [-0.25, -0.2) is 9.59 Å². The summed E-state index contributed by atoms with van der Waals surface area (Å²) in [7, 11) is 1.93. The van der Waals surface area contributed by atoms with Gasteiger partial charge < -0.3 is 20.3 Å². The summed E-state index contributed by atoms with van der Waals surface area (Å²) >= 11 is 6.00. The summed E-state index contributed by atoms with van der Waals surface area (Å²) in [4.78, 5) is 31.5. The van der Waals surface area contributed by atoms with Crippen molar-refractivity contribution in [3.8, 4) is 0 Å². The number of benzene rings is 1.